The van der Waals surface area contributed by atoms with Gasteiger partial charge in [-0.1, -0.05) is 18.2 Å². The number of benzene rings is 2. The molecule has 0 saturated carbocycles. The molecular formula is C19H22O4. The summed E-state index contributed by atoms with van der Waals surface area (Å²) in [4.78, 5) is 11.6. The van der Waals surface area contributed by atoms with E-state index >= 15 is 0 Å². The van der Waals surface area contributed by atoms with Crippen LogP contribution < -0.4 is 9.47 Å². The summed E-state index contributed by atoms with van der Waals surface area (Å²) in [6, 6.07) is 11.3. The number of hydrogen-bond donors (Lipinski definition) is 1. The molecule has 0 fully saturated rings. The molecule has 1 N–H and O–H groups in total. The van der Waals surface area contributed by atoms with Gasteiger partial charge in [0.25, 0.3) is 0 Å². The summed E-state index contributed by atoms with van der Waals surface area (Å²) in [6.07, 6.45) is -0.630. The van der Waals surface area contributed by atoms with Crippen molar-refractivity contribution in [3.63, 3.8) is 0 Å². The van der Waals surface area contributed by atoms with Crippen LogP contribution in [0, 0.1) is 20.8 Å². The number of carboxylic acids is 1. The van der Waals surface area contributed by atoms with E-state index in [-0.39, 0.29) is 0 Å². The predicted molar refractivity (Wildman–Crippen MR) is 89.4 cm³/mol. The highest BCUT2D eigenvalue weighted by molar-refractivity contribution is 5.73. The average molecular weight is 314 g/mol. The molecule has 0 aliphatic rings. The van der Waals surface area contributed by atoms with Gasteiger partial charge >= 0.3 is 5.97 Å². The Morgan fingerprint density at radius 2 is 1.78 bits per heavy atom. The number of rotatable bonds is 6. The van der Waals surface area contributed by atoms with E-state index in [0.29, 0.717) is 12.2 Å². The zero-order chi connectivity index (χ0) is 17.0. The summed E-state index contributed by atoms with van der Waals surface area (Å²) in [5, 5.41) is 9.48. The van der Waals surface area contributed by atoms with Crippen molar-refractivity contribution in [2.75, 3.05) is 7.11 Å². The molecule has 0 amide bonds. The lowest BCUT2D eigenvalue weighted by Gasteiger charge is -2.18. The lowest BCUT2D eigenvalue weighted by atomic mass is 10.0. The van der Waals surface area contributed by atoms with Gasteiger partial charge in [0.1, 0.15) is 11.5 Å². The van der Waals surface area contributed by atoms with Crippen molar-refractivity contribution in [1.82, 2.24) is 0 Å². The van der Waals surface area contributed by atoms with Crippen LogP contribution in [-0.2, 0) is 11.2 Å². The van der Waals surface area contributed by atoms with E-state index in [1.165, 1.54) is 0 Å². The van der Waals surface area contributed by atoms with Gasteiger partial charge in [-0.25, -0.2) is 4.79 Å². The van der Waals surface area contributed by atoms with Crippen LogP contribution >= 0.6 is 0 Å². The van der Waals surface area contributed by atoms with Gasteiger partial charge in [0.15, 0.2) is 6.10 Å². The first-order chi connectivity index (χ1) is 10.9. The standard InChI is InChI=1S/C19H22O4/c1-12-9-13(2)14(3)17(10-12)23-18(19(20)21)11-15-5-7-16(22-4)8-6-15/h5-10,18H,11H2,1-4H3,(H,20,21)/t18-/m1/s1. The Kier molecular flexibility index (Phi) is 5.27. The maximum absolute atomic E-state index is 11.6. The van der Waals surface area contributed by atoms with Crippen LogP contribution in [0.2, 0.25) is 0 Å². The molecule has 4 heteroatoms. The Bertz CT molecular complexity index is 689. The summed E-state index contributed by atoms with van der Waals surface area (Å²) in [5.41, 5.74) is 4.00. The average Bonchev–Trinajstić information content (AvgIpc) is 2.52. The summed E-state index contributed by atoms with van der Waals surface area (Å²) in [5.74, 6) is 0.398. The zero-order valence-electron chi connectivity index (χ0n) is 13.9. The van der Waals surface area contributed by atoms with Crippen LogP contribution in [0.25, 0.3) is 0 Å². The zero-order valence-corrected chi connectivity index (χ0v) is 13.9. The molecule has 0 spiro atoms. The van der Waals surface area contributed by atoms with Crippen molar-refractivity contribution in [3.8, 4) is 11.5 Å². The topological polar surface area (TPSA) is 55.8 Å². The molecule has 0 saturated heterocycles. The van der Waals surface area contributed by atoms with Crippen LogP contribution in [-0.4, -0.2) is 24.3 Å². The normalized spacial score (nSPS) is 11.8. The summed E-state index contributed by atoms with van der Waals surface area (Å²) >= 11 is 0. The number of hydrogen-bond acceptors (Lipinski definition) is 3. The molecule has 4 nitrogen and oxygen atoms in total. The first-order valence-electron chi connectivity index (χ1n) is 7.51. The minimum absolute atomic E-state index is 0.297. The van der Waals surface area contributed by atoms with E-state index in [1.54, 1.807) is 7.11 Å². The van der Waals surface area contributed by atoms with Crippen molar-refractivity contribution < 1.29 is 19.4 Å². The highest BCUT2D eigenvalue weighted by Gasteiger charge is 2.21. The lowest BCUT2D eigenvalue weighted by molar-refractivity contribution is -0.145. The number of aryl methyl sites for hydroxylation is 2. The molecule has 0 heterocycles. The predicted octanol–water partition coefficient (Wildman–Crippen LogP) is 3.70. The van der Waals surface area contributed by atoms with E-state index in [2.05, 4.69) is 6.07 Å². The van der Waals surface area contributed by atoms with E-state index < -0.39 is 12.1 Å². The third-order valence-electron chi connectivity index (χ3n) is 3.89. The number of carbonyl (C=O) groups is 1. The van der Waals surface area contributed by atoms with E-state index in [1.807, 2.05) is 51.1 Å². The van der Waals surface area contributed by atoms with Crippen LogP contribution in [0.1, 0.15) is 22.3 Å². The molecule has 0 aliphatic heterocycles. The van der Waals surface area contributed by atoms with Gasteiger partial charge in [-0.15, -0.1) is 0 Å². The minimum atomic E-state index is -0.973. The number of methoxy groups -OCH3 is 1. The molecule has 2 aromatic carbocycles. The smallest absolute Gasteiger partial charge is 0.345 e. The van der Waals surface area contributed by atoms with E-state index in [9.17, 15) is 9.90 Å². The number of carboxylic acid groups (broad SMARTS) is 1. The maximum atomic E-state index is 11.6. The Labute approximate surface area is 136 Å². The lowest BCUT2D eigenvalue weighted by Crippen LogP contribution is -2.29. The van der Waals surface area contributed by atoms with Gasteiger partial charge in [0.05, 0.1) is 7.11 Å². The molecule has 2 rings (SSSR count). The Morgan fingerprint density at radius 1 is 1.13 bits per heavy atom. The maximum Gasteiger partial charge on any atom is 0.345 e. The van der Waals surface area contributed by atoms with Gasteiger partial charge < -0.3 is 14.6 Å². The van der Waals surface area contributed by atoms with E-state index in [4.69, 9.17) is 9.47 Å². The molecule has 0 radical (unpaired) electrons. The monoisotopic (exact) mass is 314 g/mol. The minimum Gasteiger partial charge on any atom is -0.497 e. The second-order valence-corrected chi connectivity index (χ2v) is 5.70. The molecule has 1 atom stereocenters. The fourth-order valence-corrected chi connectivity index (χ4v) is 2.43. The first kappa shape index (κ1) is 16.9. The van der Waals surface area contributed by atoms with Crippen LogP contribution in [0.3, 0.4) is 0 Å². The SMILES string of the molecule is COc1ccc(C[C@@H](Oc2cc(C)cc(C)c2C)C(=O)O)cc1. The van der Waals surface area contributed by atoms with Gasteiger partial charge in [-0.05, 0) is 61.2 Å². The molecule has 0 unspecified atom stereocenters. The molecule has 122 valence electrons. The fourth-order valence-electron chi connectivity index (χ4n) is 2.43. The molecule has 0 aromatic heterocycles. The van der Waals surface area contributed by atoms with E-state index in [0.717, 1.165) is 28.0 Å². The highest BCUT2D eigenvalue weighted by atomic mass is 16.5. The summed E-state index contributed by atoms with van der Waals surface area (Å²) < 4.78 is 10.9. The second kappa shape index (κ2) is 7.18. The van der Waals surface area contributed by atoms with Gasteiger partial charge in [-0.2, -0.15) is 0 Å². The highest BCUT2D eigenvalue weighted by Crippen LogP contribution is 2.25. The number of ether oxygens (including phenoxy) is 2. The van der Waals surface area contributed by atoms with Gasteiger partial charge in [0, 0.05) is 6.42 Å². The summed E-state index contributed by atoms with van der Waals surface area (Å²) in [6.45, 7) is 5.91. The van der Waals surface area contributed by atoms with Gasteiger partial charge in [0.2, 0.25) is 0 Å². The molecule has 0 bridgehead atoms. The van der Waals surface area contributed by atoms with Crippen LogP contribution in [0.5, 0.6) is 11.5 Å². The molecular weight excluding hydrogens is 292 g/mol. The Balaban J connectivity index is 2.20. The summed E-state index contributed by atoms with van der Waals surface area (Å²) in [7, 11) is 1.60. The van der Waals surface area contributed by atoms with Crippen LogP contribution in [0.15, 0.2) is 36.4 Å². The molecule has 0 aliphatic carbocycles. The third kappa shape index (κ3) is 4.25. The van der Waals surface area contributed by atoms with Crippen molar-refractivity contribution in [2.24, 2.45) is 0 Å². The third-order valence-corrected chi connectivity index (χ3v) is 3.89. The Hall–Kier alpha value is -2.49. The van der Waals surface area contributed by atoms with Gasteiger partial charge in [-0.3, -0.25) is 0 Å². The largest absolute Gasteiger partial charge is 0.497 e. The molecule has 2 aromatic rings. The molecule has 23 heavy (non-hydrogen) atoms. The first-order valence-corrected chi connectivity index (χ1v) is 7.51. The number of aliphatic carboxylic acids is 1. The van der Waals surface area contributed by atoms with Crippen molar-refractivity contribution in [3.05, 3.63) is 58.7 Å². The Morgan fingerprint density at radius 3 is 2.35 bits per heavy atom. The second-order valence-electron chi connectivity index (χ2n) is 5.70. The quantitative estimate of drug-likeness (QED) is 0.883. The van der Waals surface area contributed by atoms with Crippen molar-refractivity contribution in [2.45, 2.75) is 33.3 Å². The van der Waals surface area contributed by atoms with Crippen molar-refractivity contribution in [1.29, 1.82) is 0 Å². The fraction of sp³-hybridized carbons (Fsp3) is 0.316. The van der Waals surface area contributed by atoms with Crippen molar-refractivity contribution >= 4 is 5.97 Å². The van der Waals surface area contributed by atoms with Crippen LogP contribution in [0.4, 0.5) is 0 Å².